The summed E-state index contributed by atoms with van der Waals surface area (Å²) in [6.45, 7) is 5.25. The number of nitrogens with one attached hydrogen (secondary N) is 2. The van der Waals surface area contributed by atoms with Crippen LogP contribution in [0, 0.1) is 0 Å². The zero-order chi connectivity index (χ0) is 22.7. The Kier molecular flexibility index (Phi) is 6.65. The molecule has 0 bridgehead atoms. The second kappa shape index (κ2) is 9.22. The van der Waals surface area contributed by atoms with Gasteiger partial charge in [0.1, 0.15) is 0 Å². The Bertz CT molecular complexity index is 1030. The van der Waals surface area contributed by atoms with Crippen molar-refractivity contribution in [2.75, 3.05) is 12.4 Å². The van der Waals surface area contributed by atoms with E-state index in [0.717, 1.165) is 0 Å². The molecule has 0 aliphatic carbocycles. The quantitative estimate of drug-likeness (QED) is 0.668. The minimum absolute atomic E-state index is 0.269. The standard InChI is InChI=1S/C23H24ClN3O4/c1-13(2)31-22(29)19-14(3)27(4)23(30)26-20(19)15-7-11-18(12-8-15)25-21(28)16-5-9-17(24)10-6-16/h5-13,20H,1-4H3,(H,25,28)(H,26,30). The molecule has 31 heavy (non-hydrogen) atoms. The van der Waals surface area contributed by atoms with Crippen molar-refractivity contribution in [3.63, 3.8) is 0 Å². The number of halogens is 1. The number of anilines is 1. The molecule has 2 aromatic rings. The lowest BCUT2D eigenvalue weighted by Gasteiger charge is -2.33. The van der Waals surface area contributed by atoms with Crippen molar-refractivity contribution in [3.8, 4) is 0 Å². The molecule has 0 aromatic heterocycles. The Hall–Kier alpha value is -3.32. The molecular weight excluding hydrogens is 418 g/mol. The van der Waals surface area contributed by atoms with E-state index in [1.54, 1.807) is 76.3 Å². The minimum atomic E-state index is -0.657. The van der Waals surface area contributed by atoms with E-state index < -0.39 is 12.0 Å². The molecule has 0 saturated carbocycles. The fourth-order valence-electron chi connectivity index (χ4n) is 3.19. The highest BCUT2D eigenvalue weighted by molar-refractivity contribution is 6.30. The van der Waals surface area contributed by atoms with Crippen molar-refractivity contribution >= 4 is 35.2 Å². The van der Waals surface area contributed by atoms with Crippen LogP contribution in [0.3, 0.4) is 0 Å². The lowest BCUT2D eigenvalue weighted by Crippen LogP contribution is -2.46. The number of ether oxygens (including phenoxy) is 1. The van der Waals surface area contributed by atoms with Crippen LogP contribution in [0.4, 0.5) is 10.5 Å². The molecular formula is C23H24ClN3O4. The average molecular weight is 442 g/mol. The van der Waals surface area contributed by atoms with E-state index in [-0.39, 0.29) is 18.0 Å². The third-order valence-electron chi connectivity index (χ3n) is 4.92. The van der Waals surface area contributed by atoms with Crippen molar-refractivity contribution < 1.29 is 19.1 Å². The lowest BCUT2D eigenvalue weighted by molar-refractivity contribution is -0.143. The van der Waals surface area contributed by atoms with Gasteiger partial charge in [0.15, 0.2) is 0 Å². The fraction of sp³-hybridized carbons (Fsp3) is 0.261. The van der Waals surface area contributed by atoms with Crippen molar-refractivity contribution in [1.82, 2.24) is 10.2 Å². The monoisotopic (exact) mass is 441 g/mol. The van der Waals surface area contributed by atoms with E-state index in [1.165, 1.54) is 4.90 Å². The number of amides is 3. The van der Waals surface area contributed by atoms with Gasteiger partial charge in [-0.05, 0) is 62.7 Å². The van der Waals surface area contributed by atoms with Gasteiger partial charge in [-0.2, -0.15) is 0 Å². The SMILES string of the molecule is CC1=C(C(=O)OC(C)C)C(c2ccc(NC(=O)c3ccc(Cl)cc3)cc2)NC(=O)N1C. The molecule has 0 spiro atoms. The van der Waals surface area contributed by atoms with Crippen LogP contribution < -0.4 is 10.6 Å². The molecule has 1 heterocycles. The van der Waals surface area contributed by atoms with Crippen LogP contribution in [0.1, 0.15) is 42.7 Å². The van der Waals surface area contributed by atoms with Gasteiger partial charge in [-0.1, -0.05) is 23.7 Å². The Morgan fingerprint density at radius 2 is 1.71 bits per heavy atom. The van der Waals surface area contributed by atoms with E-state index >= 15 is 0 Å². The third-order valence-corrected chi connectivity index (χ3v) is 5.18. The predicted octanol–water partition coefficient (Wildman–Crippen LogP) is 4.51. The zero-order valence-electron chi connectivity index (χ0n) is 17.7. The second-order valence-electron chi connectivity index (χ2n) is 7.48. The van der Waals surface area contributed by atoms with Crippen molar-refractivity contribution in [3.05, 3.63) is 76.0 Å². The van der Waals surface area contributed by atoms with Crippen LogP contribution in [0.15, 0.2) is 59.8 Å². The highest BCUT2D eigenvalue weighted by Gasteiger charge is 2.35. The summed E-state index contributed by atoms with van der Waals surface area (Å²) in [6.07, 6.45) is -0.290. The number of hydrogen-bond acceptors (Lipinski definition) is 4. The van der Waals surface area contributed by atoms with E-state index in [0.29, 0.717) is 33.1 Å². The molecule has 2 aromatic carbocycles. The lowest BCUT2D eigenvalue weighted by atomic mass is 9.95. The molecule has 3 rings (SSSR count). The highest BCUT2D eigenvalue weighted by atomic mass is 35.5. The van der Waals surface area contributed by atoms with Crippen LogP contribution in [-0.2, 0) is 9.53 Å². The predicted molar refractivity (Wildman–Crippen MR) is 119 cm³/mol. The topological polar surface area (TPSA) is 87.7 Å². The number of benzene rings is 2. The Morgan fingerprint density at radius 3 is 2.29 bits per heavy atom. The molecule has 3 amide bonds. The first-order valence-corrected chi connectivity index (χ1v) is 10.2. The maximum absolute atomic E-state index is 12.7. The van der Waals surface area contributed by atoms with Gasteiger partial charge in [0, 0.05) is 29.0 Å². The number of allylic oxidation sites excluding steroid dienone is 1. The maximum atomic E-state index is 12.7. The van der Waals surface area contributed by atoms with E-state index in [1.807, 2.05) is 0 Å². The number of esters is 1. The molecule has 7 nitrogen and oxygen atoms in total. The number of hydrogen-bond donors (Lipinski definition) is 2. The van der Waals surface area contributed by atoms with Crippen molar-refractivity contribution in [1.29, 1.82) is 0 Å². The number of nitrogens with zero attached hydrogens (tertiary/aromatic N) is 1. The summed E-state index contributed by atoms with van der Waals surface area (Å²) in [5.74, 6) is -0.751. The molecule has 162 valence electrons. The number of carbonyl (C=O) groups excluding carboxylic acids is 3. The summed E-state index contributed by atoms with van der Waals surface area (Å²) >= 11 is 5.86. The Morgan fingerprint density at radius 1 is 1.10 bits per heavy atom. The first-order valence-electron chi connectivity index (χ1n) is 9.80. The van der Waals surface area contributed by atoms with Gasteiger partial charge in [-0.25, -0.2) is 9.59 Å². The fourth-order valence-corrected chi connectivity index (χ4v) is 3.32. The van der Waals surface area contributed by atoms with E-state index in [2.05, 4.69) is 10.6 Å². The van der Waals surface area contributed by atoms with Crippen LogP contribution in [0.25, 0.3) is 0 Å². The molecule has 1 unspecified atom stereocenters. The second-order valence-corrected chi connectivity index (χ2v) is 7.91. The summed E-state index contributed by atoms with van der Waals surface area (Å²) in [4.78, 5) is 38.8. The van der Waals surface area contributed by atoms with E-state index in [4.69, 9.17) is 16.3 Å². The molecule has 1 aliphatic heterocycles. The Labute approximate surface area is 186 Å². The largest absolute Gasteiger partial charge is 0.459 e. The maximum Gasteiger partial charge on any atom is 0.338 e. The normalized spacial score (nSPS) is 16.3. The molecule has 1 atom stereocenters. The van der Waals surface area contributed by atoms with E-state index in [9.17, 15) is 14.4 Å². The first kappa shape index (κ1) is 22.4. The van der Waals surface area contributed by atoms with Crippen molar-refractivity contribution in [2.24, 2.45) is 0 Å². The van der Waals surface area contributed by atoms with Gasteiger partial charge in [0.05, 0.1) is 17.7 Å². The molecule has 2 N–H and O–H groups in total. The number of rotatable bonds is 5. The number of urea groups is 1. The molecule has 0 saturated heterocycles. The summed E-state index contributed by atoms with van der Waals surface area (Å²) in [6, 6.07) is 12.5. The first-order chi connectivity index (χ1) is 14.7. The van der Waals surface area contributed by atoms with Gasteiger partial charge in [-0.15, -0.1) is 0 Å². The van der Waals surface area contributed by atoms with Gasteiger partial charge in [-0.3, -0.25) is 4.79 Å². The van der Waals surface area contributed by atoms with Crippen LogP contribution in [0.5, 0.6) is 0 Å². The number of carbonyl (C=O) groups is 3. The highest BCUT2D eigenvalue weighted by Crippen LogP contribution is 2.31. The van der Waals surface area contributed by atoms with Crippen LogP contribution >= 0.6 is 11.6 Å². The smallest absolute Gasteiger partial charge is 0.338 e. The van der Waals surface area contributed by atoms with Gasteiger partial charge in [0.2, 0.25) is 0 Å². The van der Waals surface area contributed by atoms with Crippen LogP contribution in [0.2, 0.25) is 5.02 Å². The summed E-state index contributed by atoms with van der Waals surface area (Å²) in [5, 5.41) is 6.20. The minimum Gasteiger partial charge on any atom is -0.459 e. The molecule has 0 fully saturated rings. The molecule has 1 aliphatic rings. The Balaban J connectivity index is 1.84. The van der Waals surface area contributed by atoms with Gasteiger partial charge >= 0.3 is 12.0 Å². The zero-order valence-corrected chi connectivity index (χ0v) is 18.5. The summed E-state index contributed by atoms with van der Waals surface area (Å²) in [7, 11) is 1.60. The molecule has 8 heteroatoms. The van der Waals surface area contributed by atoms with Crippen LogP contribution in [-0.4, -0.2) is 36.0 Å². The third kappa shape index (κ3) is 5.06. The average Bonchev–Trinajstić information content (AvgIpc) is 2.72. The summed E-state index contributed by atoms with van der Waals surface area (Å²) < 4.78 is 5.39. The van der Waals surface area contributed by atoms with Gasteiger partial charge in [0.25, 0.3) is 5.91 Å². The summed E-state index contributed by atoms with van der Waals surface area (Å²) in [5.41, 5.74) is 2.65. The van der Waals surface area contributed by atoms with Gasteiger partial charge < -0.3 is 20.3 Å². The molecule has 0 radical (unpaired) electrons. The van der Waals surface area contributed by atoms with Crippen molar-refractivity contribution in [2.45, 2.75) is 32.9 Å².